The fourth-order valence-corrected chi connectivity index (χ4v) is 4.21. The number of thioether (sulfide) groups is 1. The molecule has 33 heavy (non-hydrogen) atoms. The lowest BCUT2D eigenvalue weighted by molar-refractivity contribution is 0.102. The lowest BCUT2D eigenvalue weighted by Crippen LogP contribution is -2.15. The number of hydrogen-bond donors (Lipinski definition) is 1. The van der Waals surface area contributed by atoms with Crippen LogP contribution in [0.4, 0.5) is 5.69 Å². The summed E-state index contributed by atoms with van der Waals surface area (Å²) >= 11 is 1.44. The van der Waals surface area contributed by atoms with Crippen molar-refractivity contribution >= 4 is 23.4 Å². The number of aryl methyl sites for hydroxylation is 2. The van der Waals surface area contributed by atoms with E-state index in [1.807, 2.05) is 69.3 Å². The number of ether oxygens (including phenoxy) is 1. The molecule has 0 aliphatic rings. The molecule has 0 saturated carbocycles. The van der Waals surface area contributed by atoms with Crippen LogP contribution < -0.4 is 10.1 Å². The summed E-state index contributed by atoms with van der Waals surface area (Å²) in [4.78, 5) is 22.1. The highest BCUT2D eigenvalue weighted by Crippen LogP contribution is 2.24. The molecule has 8 nitrogen and oxygen atoms in total. The number of anilines is 1. The van der Waals surface area contributed by atoms with Crippen molar-refractivity contribution in [3.05, 3.63) is 83.4 Å². The van der Waals surface area contributed by atoms with Crippen LogP contribution in [0.2, 0.25) is 0 Å². The van der Waals surface area contributed by atoms with E-state index in [-0.39, 0.29) is 11.6 Å². The zero-order valence-corrected chi connectivity index (χ0v) is 19.5. The zero-order valence-electron chi connectivity index (χ0n) is 18.6. The van der Waals surface area contributed by atoms with Crippen molar-refractivity contribution in [1.29, 1.82) is 0 Å². The number of carbonyl (C=O) groups excluding carboxylic acids is 1. The van der Waals surface area contributed by atoms with Gasteiger partial charge in [0.25, 0.3) is 5.91 Å². The van der Waals surface area contributed by atoms with Gasteiger partial charge in [-0.1, -0.05) is 35.2 Å². The lowest BCUT2D eigenvalue weighted by Gasteiger charge is -2.09. The van der Waals surface area contributed by atoms with Crippen LogP contribution in [0.5, 0.6) is 5.75 Å². The number of hydrogen-bond acceptors (Lipinski definition) is 7. The molecule has 4 rings (SSSR count). The Kier molecular flexibility index (Phi) is 6.99. The van der Waals surface area contributed by atoms with Gasteiger partial charge in [-0.2, -0.15) is 0 Å². The number of para-hydroxylation sites is 1. The van der Waals surface area contributed by atoms with E-state index in [0.29, 0.717) is 28.9 Å². The van der Waals surface area contributed by atoms with Gasteiger partial charge in [0, 0.05) is 22.8 Å². The summed E-state index contributed by atoms with van der Waals surface area (Å²) in [7, 11) is 0. The normalized spacial score (nSPS) is 10.8. The van der Waals surface area contributed by atoms with Crippen LogP contribution in [0.15, 0.2) is 65.8 Å². The number of nitrogens with one attached hydrogen (secondary N) is 1. The summed E-state index contributed by atoms with van der Waals surface area (Å²) in [6.45, 7) is 6.38. The second-order valence-corrected chi connectivity index (χ2v) is 8.21. The second kappa shape index (κ2) is 10.3. The molecule has 0 fully saturated rings. The molecular formula is C24H24N6O2S. The molecule has 2 aromatic heterocycles. The van der Waals surface area contributed by atoms with Gasteiger partial charge in [-0.05, 0) is 63.2 Å². The standard InChI is InChI=1S/C24H24N6O2S/c1-4-32-20-12-10-18(11-13-20)27-23(31)22-21(15-33-24-25-16(2)14-17(3)26-24)30(29-28-22)19-8-6-5-7-9-19/h5-14H,4,15H2,1-3H3,(H,27,31). The Morgan fingerprint density at radius 2 is 1.73 bits per heavy atom. The van der Waals surface area contributed by atoms with Gasteiger partial charge in [0.15, 0.2) is 10.9 Å². The van der Waals surface area contributed by atoms with Crippen LogP contribution in [0.25, 0.3) is 5.69 Å². The molecule has 168 valence electrons. The molecule has 0 unspecified atom stereocenters. The van der Waals surface area contributed by atoms with Crippen molar-refractivity contribution in [2.75, 3.05) is 11.9 Å². The Morgan fingerprint density at radius 3 is 2.39 bits per heavy atom. The molecule has 4 aromatic rings. The molecule has 0 atom stereocenters. The van der Waals surface area contributed by atoms with Crippen LogP contribution in [0, 0.1) is 13.8 Å². The van der Waals surface area contributed by atoms with Gasteiger partial charge in [0.1, 0.15) is 5.75 Å². The van der Waals surface area contributed by atoms with E-state index in [0.717, 1.165) is 22.8 Å². The van der Waals surface area contributed by atoms with Crippen LogP contribution >= 0.6 is 11.8 Å². The van der Waals surface area contributed by atoms with Crippen LogP contribution in [0.3, 0.4) is 0 Å². The third kappa shape index (κ3) is 5.56. The first-order valence-electron chi connectivity index (χ1n) is 10.5. The van der Waals surface area contributed by atoms with Gasteiger partial charge in [-0.25, -0.2) is 14.6 Å². The zero-order chi connectivity index (χ0) is 23.2. The van der Waals surface area contributed by atoms with E-state index in [4.69, 9.17) is 4.74 Å². The maximum absolute atomic E-state index is 13.1. The van der Waals surface area contributed by atoms with Gasteiger partial charge < -0.3 is 10.1 Å². The first kappa shape index (κ1) is 22.5. The summed E-state index contributed by atoms with van der Waals surface area (Å²) in [5.74, 6) is 0.839. The average molecular weight is 461 g/mol. The van der Waals surface area contributed by atoms with E-state index < -0.39 is 0 Å². The molecule has 0 radical (unpaired) electrons. The van der Waals surface area contributed by atoms with Crippen LogP contribution in [-0.2, 0) is 5.75 Å². The molecular weight excluding hydrogens is 436 g/mol. The fraction of sp³-hybridized carbons (Fsp3) is 0.208. The minimum atomic E-state index is -0.335. The predicted octanol–water partition coefficient (Wildman–Crippen LogP) is 4.62. The number of carbonyl (C=O) groups is 1. The van der Waals surface area contributed by atoms with Gasteiger partial charge in [-0.3, -0.25) is 4.79 Å². The summed E-state index contributed by atoms with van der Waals surface area (Å²) in [5.41, 5.74) is 4.18. The predicted molar refractivity (Wildman–Crippen MR) is 128 cm³/mol. The van der Waals surface area contributed by atoms with Gasteiger partial charge in [0.05, 0.1) is 18.0 Å². The highest BCUT2D eigenvalue weighted by atomic mass is 32.2. The smallest absolute Gasteiger partial charge is 0.278 e. The topological polar surface area (TPSA) is 94.8 Å². The van der Waals surface area contributed by atoms with Crippen molar-refractivity contribution in [3.63, 3.8) is 0 Å². The van der Waals surface area contributed by atoms with Gasteiger partial charge >= 0.3 is 0 Å². The fourth-order valence-electron chi connectivity index (χ4n) is 3.27. The van der Waals surface area contributed by atoms with Crippen molar-refractivity contribution in [1.82, 2.24) is 25.0 Å². The van der Waals surface area contributed by atoms with Gasteiger partial charge in [0.2, 0.25) is 0 Å². The van der Waals surface area contributed by atoms with E-state index >= 15 is 0 Å². The van der Waals surface area contributed by atoms with Crippen molar-refractivity contribution in [2.45, 2.75) is 31.7 Å². The van der Waals surface area contributed by atoms with Crippen LogP contribution in [-0.4, -0.2) is 37.5 Å². The maximum atomic E-state index is 13.1. The Hall–Kier alpha value is -3.72. The largest absolute Gasteiger partial charge is 0.494 e. The number of amides is 1. The summed E-state index contributed by atoms with van der Waals surface area (Å²) < 4.78 is 7.14. The summed E-state index contributed by atoms with van der Waals surface area (Å²) in [5, 5.41) is 12.0. The molecule has 1 amide bonds. The Labute approximate surface area is 196 Å². The molecule has 0 bridgehead atoms. The SMILES string of the molecule is CCOc1ccc(NC(=O)c2nnn(-c3ccccc3)c2CSc2nc(C)cc(C)n2)cc1. The Bertz CT molecular complexity index is 1220. The minimum absolute atomic E-state index is 0.254. The molecule has 2 aromatic carbocycles. The third-order valence-electron chi connectivity index (χ3n) is 4.70. The molecule has 0 spiro atoms. The van der Waals surface area contributed by atoms with E-state index in [2.05, 4.69) is 25.6 Å². The maximum Gasteiger partial charge on any atom is 0.278 e. The molecule has 1 N–H and O–H groups in total. The van der Waals surface area contributed by atoms with Gasteiger partial charge in [-0.15, -0.1) is 5.10 Å². The lowest BCUT2D eigenvalue weighted by atomic mass is 10.2. The quantitative estimate of drug-likeness (QED) is 0.303. The number of aromatic nitrogens is 5. The Morgan fingerprint density at radius 1 is 1.03 bits per heavy atom. The van der Waals surface area contributed by atoms with Crippen molar-refractivity contribution < 1.29 is 9.53 Å². The third-order valence-corrected chi connectivity index (χ3v) is 5.56. The first-order chi connectivity index (χ1) is 16.0. The average Bonchev–Trinajstić information content (AvgIpc) is 3.23. The highest BCUT2D eigenvalue weighted by Gasteiger charge is 2.21. The monoisotopic (exact) mass is 460 g/mol. The molecule has 2 heterocycles. The number of rotatable bonds is 8. The second-order valence-electron chi connectivity index (χ2n) is 7.27. The highest BCUT2D eigenvalue weighted by molar-refractivity contribution is 7.98. The first-order valence-corrected chi connectivity index (χ1v) is 11.5. The van der Waals surface area contributed by atoms with Crippen LogP contribution in [0.1, 0.15) is 34.5 Å². The number of nitrogens with zero attached hydrogens (tertiary/aromatic N) is 5. The summed E-state index contributed by atoms with van der Waals surface area (Å²) in [6.07, 6.45) is 0. The molecule has 0 aliphatic carbocycles. The number of benzene rings is 2. The van der Waals surface area contributed by atoms with Crippen molar-refractivity contribution in [3.8, 4) is 11.4 Å². The Balaban J connectivity index is 1.61. The molecule has 9 heteroatoms. The van der Waals surface area contributed by atoms with E-state index in [1.54, 1.807) is 16.8 Å². The summed E-state index contributed by atoms with van der Waals surface area (Å²) in [6, 6.07) is 18.7. The van der Waals surface area contributed by atoms with E-state index in [9.17, 15) is 4.79 Å². The van der Waals surface area contributed by atoms with Crippen molar-refractivity contribution in [2.24, 2.45) is 0 Å². The molecule has 0 aliphatic heterocycles. The minimum Gasteiger partial charge on any atom is -0.494 e. The molecule has 0 saturated heterocycles. The van der Waals surface area contributed by atoms with E-state index in [1.165, 1.54) is 11.8 Å².